The Kier molecular flexibility index (Phi) is 8.14. The van der Waals surface area contributed by atoms with E-state index in [4.69, 9.17) is 16.3 Å². The predicted octanol–water partition coefficient (Wildman–Crippen LogP) is 3.66. The van der Waals surface area contributed by atoms with Crippen LogP contribution in [0.5, 0.6) is 5.75 Å². The van der Waals surface area contributed by atoms with Gasteiger partial charge in [-0.05, 0) is 37.1 Å². The van der Waals surface area contributed by atoms with Gasteiger partial charge >= 0.3 is 0 Å². The monoisotopic (exact) mass is 388 g/mol. The van der Waals surface area contributed by atoms with E-state index in [1.54, 1.807) is 18.2 Å². The minimum atomic E-state index is -0.590. The van der Waals surface area contributed by atoms with Gasteiger partial charge in [-0.15, -0.1) is 0 Å². The number of amides is 2. The quantitative estimate of drug-likeness (QED) is 0.713. The van der Waals surface area contributed by atoms with Gasteiger partial charge in [0.05, 0.1) is 0 Å². The number of nitrogens with one attached hydrogen (secondary N) is 1. The van der Waals surface area contributed by atoms with Gasteiger partial charge in [-0.3, -0.25) is 9.59 Å². The second-order valence-corrected chi connectivity index (χ2v) is 6.44. The minimum absolute atomic E-state index is 0.148. The van der Waals surface area contributed by atoms with Crippen LogP contribution in [0.15, 0.2) is 54.6 Å². The molecule has 0 aromatic heterocycles. The summed E-state index contributed by atoms with van der Waals surface area (Å²) in [6.07, 6.45) is 0.493. The molecule has 0 unspecified atom stereocenters. The SMILES string of the molecule is CCNC(=O)[C@@H](CC)N(Cc1ccccc1Cl)C(=O)COc1ccccc1. The molecule has 0 saturated carbocycles. The summed E-state index contributed by atoms with van der Waals surface area (Å²) in [5.74, 6) is 0.159. The maximum Gasteiger partial charge on any atom is 0.261 e. The van der Waals surface area contributed by atoms with Crippen molar-refractivity contribution in [3.63, 3.8) is 0 Å². The maximum atomic E-state index is 12.9. The summed E-state index contributed by atoms with van der Waals surface area (Å²) in [5, 5.41) is 3.36. The highest BCUT2D eigenvalue weighted by Gasteiger charge is 2.29. The van der Waals surface area contributed by atoms with Crippen molar-refractivity contribution in [2.45, 2.75) is 32.9 Å². The number of hydrogen-bond donors (Lipinski definition) is 1. The molecule has 2 rings (SSSR count). The molecule has 1 atom stereocenters. The highest BCUT2D eigenvalue weighted by atomic mass is 35.5. The summed E-state index contributed by atoms with van der Waals surface area (Å²) in [6, 6.07) is 15.8. The zero-order valence-electron chi connectivity index (χ0n) is 15.7. The van der Waals surface area contributed by atoms with E-state index in [0.29, 0.717) is 23.7 Å². The average Bonchev–Trinajstić information content (AvgIpc) is 2.68. The van der Waals surface area contributed by atoms with Gasteiger partial charge in [0.1, 0.15) is 11.8 Å². The third kappa shape index (κ3) is 6.00. The van der Waals surface area contributed by atoms with E-state index in [1.807, 2.05) is 50.2 Å². The summed E-state index contributed by atoms with van der Waals surface area (Å²) >= 11 is 6.26. The summed E-state index contributed by atoms with van der Waals surface area (Å²) in [5.41, 5.74) is 0.787. The number of halogens is 1. The van der Waals surface area contributed by atoms with E-state index in [2.05, 4.69) is 5.32 Å². The molecule has 2 amide bonds. The summed E-state index contributed by atoms with van der Waals surface area (Å²) < 4.78 is 5.60. The Morgan fingerprint density at radius 2 is 1.74 bits per heavy atom. The van der Waals surface area contributed by atoms with Crippen LogP contribution < -0.4 is 10.1 Å². The number of ether oxygens (including phenoxy) is 1. The molecule has 0 bridgehead atoms. The van der Waals surface area contributed by atoms with Crippen LogP contribution in [0.3, 0.4) is 0 Å². The first-order chi connectivity index (χ1) is 13.1. The molecule has 1 N–H and O–H groups in total. The highest BCUT2D eigenvalue weighted by Crippen LogP contribution is 2.20. The van der Waals surface area contributed by atoms with Crippen LogP contribution in [-0.4, -0.2) is 35.9 Å². The van der Waals surface area contributed by atoms with Crippen LogP contribution in [-0.2, 0) is 16.1 Å². The Bertz CT molecular complexity index is 752. The van der Waals surface area contributed by atoms with E-state index < -0.39 is 6.04 Å². The van der Waals surface area contributed by atoms with Crippen LogP contribution in [0.2, 0.25) is 5.02 Å². The fourth-order valence-electron chi connectivity index (χ4n) is 2.77. The summed E-state index contributed by atoms with van der Waals surface area (Å²) in [6.45, 7) is 4.33. The summed E-state index contributed by atoms with van der Waals surface area (Å²) in [4.78, 5) is 26.9. The van der Waals surface area contributed by atoms with Gasteiger partial charge in [-0.1, -0.05) is 54.9 Å². The smallest absolute Gasteiger partial charge is 0.261 e. The first kappa shape index (κ1) is 20.8. The zero-order chi connectivity index (χ0) is 19.6. The van der Waals surface area contributed by atoms with E-state index in [1.165, 1.54) is 4.90 Å². The molecule has 0 radical (unpaired) electrons. The Hall–Kier alpha value is -2.53. The largest absolute Gasteiger partial charge is 0.484 e. The van der Waals surface area contributed by atoms with Crippen molar-refractivity contribution in [2.24, 2.45) is 0 Å². The molecule has 6 heteroatoms. The Morgan fingerprint density at radius 3 is 2.37 bits per heavy atom. The highest BCUT2D eigenvalue weighted by molar-refractivity contribution is 6.31. The molecule has 2 aromatic carbocycles. The minimum Gasteiger partial charge on any atom is -0.484 e. The third-order valence-electron chi connectivity index (χ3n) is 4.14. The molecule has 2 aromatic rings. The molecule has 0 fully saturated rings. The van der Waals surface area contributed by atoms with Crippen molar-refractivity contribution < 1.29 is 14.3 Å². The van der Waals surface area contributed by atoms with Gasteiger partial charge in [-0.25, -0.2) is 0 Å². The molecule has 0 saturated heterocycles. The maximum absolute atomic E-state index is 12.9. The van der Waals surface area contributed by atoms with Crippen LogP contribution in [0.4, 0.5) is 0 Å². The van der Waals surface area contributed by atoms with E-state index >= 15 is 0 Å². The van der Waals surface area contributed by atoms with E-state index in [9.17, 15) is 9.59 Å². The second-order valence-electron chi connectivity index (χ2n) is 6.03. The average molecular weight is 389 g/mol. The van der Waals surface area contributed by atoms with Crippen molar-refractivity contribution in [1.29, 1.82) is 0 Å². The number of nitrogens with zero attached hydrogens (tertiary/aromatic N) is 1. The zero-order valence-corrected chi connectivity index (χ0v) is 16.4. The molecule has 0 aliphatic rings. The molecular formula is C21H25ClN2O3. The first-order valence-corrected chi connectivity index (χ1v) is 9.43. The number of carbonyl (C=O) groups is 2. The molecule has 27 heavy (non-hydrogen) atoms. The number of benzene rings is 2. The number of para-hydroxylation sites is 1. The van der Waals surface area contributed by atoms with Gasteiger partial charge in [0.15, 0.2) is 6.61 Å². The van der Waals surface area contributed by atoms with Gasteiger partial charge in [0.2, 0.25) is 5.91 Å². The molecule has 0 aliphatic heterocycles. The van der Waals surface area contributed by atoms with Crippen LogP contribution in [0.1, 0.15) is 25.8 Å². The van der Waals surface area contributed by atoms with Gasteiger partial charge < -0.3 is 15.0 Å². The Balaban J connectivity index is 2.20. The lowest BCUT2D eigenvalue weighted by Gasteiger charge is -2.30. The van der Waals surface area contributed by atoms with Crippen LogP contribution >= 0.6 is 11.6 Å². The van der Waals surface area contributed by atoms with Gasteiger partial charge in [-0.2, -0.15) is 0 Å². The first-order valence-electron chi connectivity index (χ1n) is 9.05. The van der Waals surface area contributed by atoms with Crippen molar-refractivity contribution in [1.82, 2.24) is 10.2 Å². The van der Waals surface area contributed by atoms with Crippen molar-refractivity contribution in [3.8, 4) is 5.75 Å². The van der Waals surface area contributed by atoms with Gasteiger partial charge in [0.25, 0.3) is 5.91 Å². The van der Waals surface area contributed by atoms with E-state index in [0.717, 1.165) is 5.56 Å². The van der Waals surface area contributed by atoms with Crippen molar-refractivity contribution >= 4 is 23.4 Å². The fraction of sp³-hybridized carbons (Fsp3) is 0.333. The summed E-state index contributed by atoms with van der Waals surface area (Å²) in [7, 11) is 0. The number of rotatable bonds is 9. The Labute approximate surface area is 165 Å². The van der Waals surface area contributed by atoms with Crippen molar-refractivity contribution in [2.75, 3.05) is 13.2 Å². The normalized spacial score (nSPS) is 11.5. The standard InChI is InChI=1S/C21H25ClN2O3/c1-3-19(21(26)23-4-2)24(14-16-10-8-9-13-18(16)22)20(25)15-27-17-11-6-5-7-12-17/h5-13,19H,3-4,14-15H2,1-2H3,(H,23,26)/t19-/m1/s1. The molecule has 0 spiro atoms. The second kappa shape index (κ2) is 10.6. The lowest BCUT2D eigenvalue weighted by Crippen LogP contribution is -2.50. The lowest BCUT2D eigenvalue weighted by atomic mass is 10.1. The van der Waals surface area contributed by atoms with Crippen LogP contribution in [0.25, 0.3) is 0 Å². The third-order valence-corrected chi connectivity index (χ3v) is 4.51. The van der Waals surface area contributed by atoms with Crippen molar-refractivity contribution in [3.05, 3.63) is 65.2 Å². The molecule has 144 valence electrons. The molecule has 0 heterocycles. The topological polar surface area (TPSA) is 58.6 Å². The predicted molar refractivity (Wildman–Crippen MR) is 107 cm³/mol. The number of hydrogen-bond acceptors (Lipinski definition) is 3. The number of likely N-dealkylation sites (N-methyl/N-ethyl adjacent to an activating group) is 1. The lowest BCUT2D eigenvalue weighted by molar-refractivity contribution is -0.142. The van der Waals surface area contributed by atoms with E-state index in [-0.39, 0.29) is 25.0 Å². The van der Waals surface area contributed by atoms with Gasteiger partial charge in [0, 0.05) is 18.1 Å². The Morgan fingerprint density at radius 1 is 1.07 bits per heavy atom. The molecule has 0 aliphatic carbocycles. The van der Waals surface area contributed by atoms with Crippen LogP contribution in [0, 0.1) is 0 Å². The number of carbonyl (C=O) groups excluding carboxylic acids is 2. The molecular weight excluding hydrogens is 364 g/mol. The fourth-order valence-corrected chi connectivity index (χ4v) is 2.96. The molecule has 5 nitrogen and oxygen atoms in total.